The lowest BCUT2D eigenvalue weighted by molar-refractivity contribution is -0.352. The molecule has 0 saturated carbocycles. The van der Waals surface area contributed by atoms with Crippen LogP contribution in [0.2, 0.25) is 0 Å². The summed E-state index contributed by atoms with van der Waals surface area (Å²) >= 11 is 0. The fraction of sp³-hybridized carbons (Fsp3) is 0.340. The monoisotopic (exact) mass is 788 g/mol. The normalized spacial score (nSPS) is 27.9. The van der Waals surface area contributed by atoms with E-state index in [1.165, 1.54) is 0 Å². The Morgan fingerprint density at radius 3 is 1.24 bits per heavy atom. The van der Waals surface area contributed by atoms with Gasteiger partial charge in [-0.2, -0.15) is 0 Å². The van der Waals surface area contributed by atoms with Crippen molar-refractivity contribution in [2.75, 3.05) is 6.61 Å². The number of benzene rings is 5. The summed E-state index contributed by atoms with van der Waals surface area (Å²) in [6, 6.07) is 48.6. The van der Waals surface area contributed by atoms with Crippen LogP contribution >= 0.6 is 0 Å². The number of carbonyl (C=O) groups is 1. The van der Waals surface area contributed by atoms with Gasteiger partial charge in [0.25, 0.3) is 0 Å². The number of hydrogen-bond donors (Lipinski definition) is 1. The highest BCUT2D eigenvalue weighted by molar-refractivity contribution is 5.73. The summed E-state index contributed by atoms with van der Waals surface area (Å²) < 4.78 is 59.1. The van der Waals surface area contributed by atoms with Gasteiger partial charge in [-0.1, -0.05) is 152 Å². The van der Waals surface area contributed by atoms with Gasteiger partial charge in [0.1, 0.15) is 42.7 Å². The number of rotatable bonds is 18. The number of fused-ring (bicyclic) bond motifs is 2. The molecule has 5 aromatic rings. The number of hydrogen-bond acceptors (Lipinski definition) is 10. The van der Waals surface area contributed by atoms with Crippen LogP contribution in [0.15, 0.2) is 152 Å². The molecule has 0 amide bonds. The van der Waals surface area contributed by atoms with E-state index in [9.17, 15) is 9.90 Å². The van der Waals surface area contributed by atoms with E-state index in [1.54, 1.807) is 0 Å². The number of carboxylic acid groups (broad SMARTS) is 1. The largest absolute Gasteiger partial charge is 0.479 e. The first kappa shape index (κ1) is 40.0. The van der Waals surface area contributed by atoms with Crippen molar-refractivity contribution in [1.29, 1.82) is 0 Å². The van der Waals surface area contributed by atoms with Crippen LogP contribution in [0.4, 0.5) is 0 Å². The lowest BCUT2D eigenvalue weighted by Crippen LogP contribution is -2.65. The Morgan fingerprint density at radius 1 is 0.466 bits per heavy atom. The first-order valence-electron chi connectivity index (χ1n) is 19.7. The SMILES string of the molecule is O=C(O)C1OC(OC2C3COC(O3)C(OCc3ccccc3)C2OCc2ccccc2)C(OCc2ccccc2)C(OCc2ccccc2)C1OCc1ccccc1. The number of aliphatic carboxylic acids is 1. The quantitative estimate of drug-likeness (QED) is 0.100. The summed E-state index contributed by atoms with van der Waals surface area (Å²) in [5.74, 6) is -1.23. The molecule has 11 nitrogen and oxygen atoms in total. The molecule has 58 heavy (non-hydrogen) atoms. The van der Waals surface area contributed by atoms with Gasteiger partial charge in [-0.3, -0.25) is 0 Å². The second-order valence-electron chi connectivity index (χ2n) is 14.5. The summed E-state index contributed by atoms with van der Waals surface area (Å²) in [6.45, 7) is 1.17. The summed E-state index contributed by atoms with van der Waals surface area (Å²) in [4.78, 5) is 13.2. The summed E-state index contributed by atoms with van der Waals surface area (Å²) in [5.41, 5.74) is 4.58. The van der Waals surface area contributed by atoms with Crippen molar-refractivity contribution in [1.82, 2.24) is 0 Å². The standard InChI is InChI=1S/C47H48O11/c48-45(49)42-40(51-27-33-18-8-2-9-19-33)41(52-28-34-20-10-3-11-21-34)44(54-30-36-24-14-5-15-25-36)47(58-42)57-38-37-31-55-46(56-37)43(53-29-35-22-12-4-13-23-35)39(38)50-26-32-16-6-1-7-17-32/h1-25,37-44,46-47H,26-31H2,(H,48,49). The van der Waals surface area contributed by atoms with Crippen molar-refractivity contribution in [3.8, 4) is 0 Å². The molecular formula is C47H48O11. The maximum Gasteiger partial charge on any atom is 0.335 e. The summed E-state index contributed by atoms with van der Waals surface area (Å²) in [7, 11) is 0. The average molecular weight is 789 g/mol. The molecule has 3 heterocycles. The van der Waals surface area contributed by atoms with Crippen molar-refractivity contribution >= 4 is 5.97 Å². The molecule has 11 heteroatoms. The van der Waals surface area contributed by atoms with E-state index in [2.05, 4.69) is 0 Å². The van der Waals surface area contributed by atoms with Crippen LogP contribution in [0.1, 0.15) is 27.8 Å². The third kappa shape index (κ3) is 10.1. The van der Waals surface area contributed by atoms with E-state index in [-0.39, 0.29) is 39.6 Å². The maximum absolute atomic E-state index is 13.2. The van der Waals surface area contributed by atoms with E-state index in [1.807, 2.05) is 152 Å². The fourth-order valence-electron chi connectivity index (χ4n) is 7.52. The van der Waals surface area contributed by atoms with Crippen molar-refractivity contribution in [3.63, 3.8) is 0 Å². The lowest BCUT2D eigenvalue weighted by atomic mass is 9.96. The van der Waals surface area contributed by atoms with Gasteiger partial charge in [-0.05, 0) is 27.8 Å². The zero-order valence-electron chi connectivity index (χ0n) is 32.0. The van der Waals surface area contributed by atoms with E-state index < -0.39 is 67.4 Å². The second kappa shape index (κ2) is 19.8. The predicted molar refractivity (Wildman–Crippen MR) is 211 cm³/mol. The molecule has 3 aliphatic rings. The van der Waals surface area contributed by atoms with E-state index in [4.69, 9.17) is 42.6 Å². The van der Waals surface area contributed by atoms with Gasteiger partial charge in [-0.25, -0.2) is 4.79 Å². The highest BCUT2D eigenvalue weighted by Gasteiger charge is 2.57. The molecule has 302 valence electrons. The Morgan fingerprint density at radius 2 is 0.828 bits per heavy atom. The lowest BCUT2D eigenvalue weighted by Gasteiger charge is -2.47. The molecule has 5 aromatic carbocycles. The molecule has 10 atom stereocenters. The first-order valence-corrected chi connectivity index (χ1v) is 19.7. The number of carboxylic acids is 1. The van der Waals surface area contributed by atoms with Crippen LogP contribution in [0.5, 0.6) is 0 Å². The maximum atomic E-state index is 13.2. The molecule has 1 N–H and O–H groups in total. The minimum absolute atomic E-state index is 0.119. The van der Waals surface area contributed by atoms with Crippen LogP contribution < -0.4 is 0 Å². The van der Waals surface area contributed by atoms with Crippen LogP contribution in [0.3, 0.4) is 0 Å². The fourth-order valence-corrected chi connectivity index (χ4v) is 7.52. The van der Waals surface area contributed by atoms with Gasteiger partial charge >= 0.3 is 5.97 Å². The molecule has 0 aliphatic carbocycles. The molecule has 0 spiro atoms. The molecule has 8 rings (SSSR count). The van der Waals surface area contributed by atoms with Gasteiger partial charge < -0.3 is 47.7 Å². The van der Waals surface area contributed by atoms with E-state index >= 15 is 0 Å². The van der Waals surface area contributed by atoms with Gasteiger partial charge in [0.15, 0.2) is 18.7 Å². The van der Waals surface area contributed by atoms with E-state index in [0.29, 0.717) is 0 Å². The molecule has 2 bridgehead atoms. The zero-order valence-corrected chi connectivity index (χ0v) is 32.0. The van der Waals surface area contributed by atoms with Crippen LogP contribution in [-0.4, -0.2) is 79.1 Å². The summed E-state index contributed by atoms with van der Waals surface area (Å²) in [5, 5.41) is 10.8. The van der Waals surface area contributed by atoms with Crippen LogP contribution in [0.25, 0.3) is 0 Å². The van der Waals surface area contributed by atoms with Crippen LogP contribution in [0, 0.1) is 0 Å². The van der Waals surface area contributed by atoms with Crippen molar-refractivity contribution in [3.05, 3.63) is 179 Å². The zero-order chi connectivity index (χ0) is 39.5. The smallest absolute Gasteiger partial charge is 0.335 e. The minimum Gasteiger partial charge on any atom is -0.479 e. The van der Waals surface area contributed by atoms with Crippen LogP contribution in [-0.2, 0) is 80.5 Å². The average Bonchev–Trinajstić information content (AvgIpc) is 3.71. The predicted octanol–water partition coefficient (Wildman–Crippen LogP) is 6.86. The molecule has 0 radical (unpaired) electrons. The third-order valence-electron chi connectivity index (χ3n) is 10.5. The van der Waals surface area contributed by atoms with Crippen molar-refractivity contribution in [2.45, 2.75) is 94.4 Å². The van der Waals surface area contributed by atoms with Crippen molar-refractivity contribution < 1.29 is 52.5 Å². The van der Waals surface area contributed by atoms with Crippen molar-refractivity contribution in [2.24, 2.45) is 0 Å². The second-order valence-corrected chi connectivity index (χ2v) is 14.5. The Balaban J connectivity index is 1.13. The minimum atomic E-state index is -1.49. The highest BCUT2D eigenvalue weighted by Crippen LogP contribution is 2.38. The molecular weight excluding hydrogens is 741 g/mol. The van der Waals surface area contributed by atoms with Gasteiger partial charge in [-0.15, -0.1) is 0 Å². The molecule has 3 saturated heterocycles. The Kier molecular flexibility index (Phi) is 13.6. The highest BCUT2D eigenvalue weighted by atomic mass is 16.8. The van der Waals surface area contributed by atoms with Gasteiger partial charge in [0, 0.05) is 0 Å². The van der Waals surface area contributed by atoms with Gasteiger partial charge in [0.05, 0.1) is 39.6 Å². The Labute approximate surface area is 338 Å². The van der Waals surface area contributed by atoms with Gasteiger partial charge in [0.2, 0.25) is 0 Å². The third-order valence-corrected chi connectivity index (χ3v) is 10.5. The Bertz CT molecular complexity index is 1970. The molecule has 3 aliphatic heterocycles. The molecule has 0 aromatic heterocycles. The summed E-state index contributed by atoms with van der Waals surface area (Å²) in [6.07, 6.45) is -9.33. The molecule has 3 fully saturated rings. The first-order chi connectivity index (χ1) is 28.6. The van der Waals surface area contributed by atoms with E-state index in [0.717, 1.165) is 27.8 Å². The Hall–Kier alpha value is -4.79. The molecule has 10 unspecified atom stereocenters. The topological polar surface area (TPSA) is 120 Å². The number of ether oxygens (including phenoxy) is 9.